The Kier molecular flexibility index (Phi) is 9.18. The number of nitrogens with zero attached hydrogens (tertiary/aromatic N) is 1. The lowest BCUT2D eigenvalue weighted by Crippen LogP contribution is -2.53. The van der Waals surface area contributed by atoms with Crippen molar-refractivity contribution in [3.63, 3.8) is 0 Å². The van der Waals surface area contributed by atoms with Gasteiger partial charge in [0, 0.05) is 30.6 Å². The third-order valence-corrected chi connectivity index (χ3v) is 8.49. The molecule has 1 aliphatic heterocycles. The second kappa shape index (κ2) is 11.7. The minimum absolute atomic E-state index is 0.0296. The minimum atomic E-state index is -3.58. The number of carbonyl (C=O) groups excluding carboxylic acids is 2. The highest BCUT2D eigenvalue weighted by molar-refractivity contribution is 7.89. The average Bonchev–Trinajstić information content (AvgIpc) is 2.81. The molecular formula is C24H36ClN3O4S. The van der Waals surface area contributed by atoms with Crippen LogP contribution in [0.3, 0.4) is 0 Å². The quantitative estimate of drug-likeness (QED) is 0.573. The van der Waals surface area contributed by atoms with Gasteiger partial charge in [-0.25, -0.2) is 13.1 Å². The molecular weight excluding hydrogens is 462 g/mol. The van der Waals surface area contributed by atoms with Crippen molar-refractivity contribution in [3.05, 3.63) is 29.3 Å². The normalized spacial score (nSPS) is 22.7. The van der Waals surface area contributed by atoms with Crippen LogP contribution in [0.4, 0.5) is 0 Å². The fourth-order valence-corrected chi connectivity index (χ4v) is 5.89. The SMILES string of the molecule is CC(C)C(NC(=O)C1CCC(CNS(=O)(=O)c2ccc(Cl)cc2)CC1)C(=O)N1CCCCC1. The summed E-state index contributed by atoms with van der Waals surface area (Å²) in [6.45, 7) is 5.83. The lowest BCUT2D eigenvalue weighted by molar-refractivity contribution is -0.139. The van der Waals surface area contributed by atoms with Gasteiger partial charge in [-0.15, -0.1) is 0 Å². The van der Waals surface area contributed by atoms with Crippen molar-refractivity contribution in [1.29, 1.82) is 0 Å². The monoisotopic (exact) mass is 497 g/mol. The summed E-state index contributed by atoms with van der Waals surface area (Å²) in [5, 5.41) is 3.52. The highest BCUT2D eigenvalue weighted by Gasteiger charge is 2.33. The molecule has 0 radical (unpaired) electrons. The van der Waals surface area contributed by atoms with E-state index in [0.717, 1.165) is 45.2 Å². The Morgan fingerprint density at radius 1 is 1.03 bits per heavy atom. The van der Waals surface area contributed by atoms with Crippen molar-refractivity contribution < 1.29 is 18.0 Å². The van der Waals surface area contributed by atoms with Crippen molar-refractivity contribution in [1.82, 2.24) is 14.9 Å². The van der Waals surface area contributed by atoms with Crippen LogP contribution >= 0.6 is 11.6 Å². The van der Waals surface area contributed by atoms with Crippen molar-refractivity contribution in [2.75, 3.05) is 19.6 Å². The van der Waals surface area contributed by atoms with Crippen molar-refractivity contribution >= 4 is 33.4 Å². The zero-order chi connectivity index (χ0) is 24.0. The summed E-state index contributed by atoms with van der Waals surface area (Å²) in [5.74, 6) is 0.0566. The molecule has 3 rings (SSSR count). The molecule has 0 bridgehead atoms. The Hall–Kier alpha value is -1.64. The van der Waals surface area contributed by atoms with E-state index in [-0.39, 0.29) is 34.5 Å². The van der Waals surface area contributed by atoms with E-state index < -0.39 is 16.1 Å². The Balaban J connectivity index is 1.47. The molecule has 33 heavy (non-hydrogen) atoms. The maximum Gasteiger partial charge on any atom is 0.245 e. The standard InChI is InChI=1S/C24H36ClN3O4S/c1-17(2)22(24(30)28-14-4-3-5-15-28)27-23(29)19-8-6-18(7-9-19)16-26-33(31,32)21-12-10-20(25)11-13-21/h10-13,17-19,22,26H,3-9,14-16H2,1-2H3,(H,27,29). The van der Waals surface area contributed by atoms with Crippen LogP contribution in [0.15, 0.2) is 29.2 Å². The van der Waals surface area contributed by atoms with Gasteiger partial charge in [0.05, 0.1) is 4.90 Å². The fourth-order valence-electron chi connectivity index (χ4n) is 4.65. The lowest BCUT2D eigenvalue weighted by Gasteiger charge is -2.34. The van der Waals surface area contributed by atoms with Gasteiger partial charge < -0.3 is 10.2 Å². The van der Waals surface area contributed by atoms with Gasteiger partial charge in [0.15, 0.2) is 0 Å². The van der Waals surface area contributed by atoms with Crippen LogP contribution < -0.4 is 10.0 Å². The molecule has 2 N–H and O–H groups in total. The van der Waals surface area contributed by atoms with E-state index in [0.29, 0.717) is 24.4 Å². The van der Waals surface area contributed by atoms with E-state index in [1.54, 1.807) is 12.1 Å². The first-order valence-electron chi connectivity index (χ1n) is 12.0. The molecule has 184 valence electrons. The molecule has 2 amide bonds. The van der Waals surface area contributed by atoms with Gasteiger partial charge in [0.1, 0.15) is 6.04 Å². The van der Waals surface area contributed by atoms with Gasteiger partial charge >= 0.3 is 0 Å². The smallest absolute Gasteiger partial charge is 0.245 e. The molecule has 1 saturated heterocycles. The number of likely N-dealkylation sites (tertiary alicyclic amines) is 1. The molecule has 0 spiro atoms. The third kappa shape index (κ3) is 7.17. The fraction of sp³-hybridized carbons (Fsp3) is 0.667. The topological polar surface area (TPSA) is 95.6 Å². The van der Waals surface area contributed by atoms with E-state index >= 15 is 0 Å². The number of nitrogens with one attached hydrogen (secondary N) is 2. The largest absolute Gasteiger partial charge is 0.344 e. The molecule has 1 aromatic carbocycles. The number of sulfonamides is 1. The summed E-state index contributed by atoms with van der Waals surface area (Å²) in [7, 11) is -3.58. The number of rotatable bonds is 8. The summed E-state index contributed by atoms with van der Waals surface area (Å²) in [5.41, 5.74) is 0. The molecule has 1 atom stereocenters. The number of amides is 2. The molecule has 2 fully saturated rings. The first kappa shape index (κ1) is 26.0. The number of benzene rings is 1. The zero-order valence-electron chi connectivity index (χ0n) is 19.6. The number of halogens is 1. The number of carbonyl (C=O) groups is 2. The van der Waals surface area contributed by atoms with Gasteiger partial charge in [0.25, 0.3) is 0 Å². The molecule has 1 unspecified atom stereocenters. The molecule has 0 aromatic heterocycles. The van der Waals surface area contributed by atoms with Crippen LogP contribution in [0, 0.1) is 17.8 Å². The maximum atomic E-state index is 13.0. The summed E-state index contributed by atoms with van der Waals surface area (Å²) < 4.78 is 27.7. The minimum Gasteiger partial charge on any atom is -0.344 e. The van der Waals surface area contributed by atoms with Crippen LogP contribution in [0.25, 0.3) is 0 Å². The third-order valence-electron chi connectivity index (χ3n) is 6.80. The summed E-state index contributed by atoms with van der Waals surface area (Å²) in [6.07, 6.45) is 6.14. The lowest BCUT2D eigenvalue weighted by atomic mass is 9.81. The van der Waals surface area contributed by atoms with Crippen LogP contribution in [-0.2, 0) is 19.6 Å². The van der Waals surface area contributed by atoms with Gasteiger partial charge in [-0.05, 0) is 81.0 Å². The summed E-state index contributed by atoms with van der Waals surface area (Å²) in [6, 6.07) is 5.60. The molecule has 1 aromatic rings. The first-order chi connectivity index (χ1) is 15.7. The molecule has 2 aliphatic rings. The second-order valence-electron chi connectivity index (χ2n) is 9.64. The van der Waals surface area contributed by atoms with Gasteiger partial charge in [-0.1, -0.05) is 25.4 Å². The van der Waals surface area contributed by atoms with E-state index in [1.807, 2.05) is 18.7 Å². The van der Waals surface area contributed by atoms with Gasteiger partial charge in [-0.3, -0.25) is 9.59 Å². The molecule has 9 heteroatoms. The molecule has 1 heterocycles. The number of piperidine rings is 1. The van der Waals surface area contributed by atoms with E-state index in [2.05, 4.69) is 10.0 Å². The van der Waals surface area contributed by atoms with E-state index in [1.165, 1.54) is 12.1 Å². The van der Waals surface area contributed by atoms with E-state index in [9.17, 15) is 18.0 Å². The zero-order valence-corrected chi connectivity index (χ0v) is 21.1. The molecule has 1 aliphatic carbocycles. The maximum absolute atomic E-state index is 13.0. The van der Waals surface area contributed by atoms with Crippen LogP contribution in [0.2, 0.25) is 5.02 Å². The predicted molar refractivity (Wildman–Crippen MR) is 129 cm³/mol. The van der Waals surface area contributed by atoms with E-state index in [4.69, 9.17) is 11.6 Å². The Morgan fingerprint density at radius 2 is 1.64 bits per heavy atom. The highest BCUT2D eigenvalue weighted by atomic mass is 35.5. The summed E-state index contributed by atoms with van der Waals surface area (Å²) >= 11 is 5.84. The number of hydrogen-bond donors (Lipinski definition) is 2. The predicted octanol–water partition coefficient (Wildman–Crippen LogP) is 3.58. The van der Waals surface area contributed by atoms with Gasteiger partial charge in [-0.2, -0.15) is 0 Å². The number of hydrogen-bond acceptors (Lipinski definition) is 4. The Labute approximate surface area is 202 Å². The first-order valence-corrected chi connectivity index (χ1v) is 13.9. The van der Waals surface area contributed by atoms with Crippen molar-refractivity contribution in [2.45, 2.75) is 69.7 Å². The average molecular weight is 498 g/mol. The Bertz CT molecular complexity index is 906. The van der Waals surface area contributed by atoms with Crippen LogP contribution in [0.5, 0.6) is 0 Å². The Morgan fingerprint density at radius 3 is 2.21 bits per heavy atom. The second-order valence-corrected chi connectivity index (χ2v) is 11.8. The highest BCUT2D eigenvalue weighted by Crippen LogP contribution is 2.29. The summed E-state index contributed by atoms with van der Waals surface area (Å²) in [4.78, 5) is 28.0. The van der Waals surface area contributed by atoms with Crippen LogP contribution in [-0.4, -0.2) is 50.8 Å². The molecule has 7 nitrogen and oxygen atoms in total. The van der Waals surface area contributed by atoms with Crippen molar-refractivity contribution in [2.24, 2.45) is 17.8 Å². The van der Waals surface area contributed by atoms with Gasteiger partial charge in [0.2, 0.25) is 21.8 Å². The molecule has 1 saturated carbocycles. The van der Waals surface area contributed by atoms with Crippen molar-refractivity contribution in [3.8, 4) is 0 Å². The van der Waals surface area contributed by atoms with Crippen LogP contribution in [0.1, 0.15) is 58.8 Å².